The molecule has 3 saturated heterocycles. The Hall–Kier alpha value is -3.17. The summed E-state index contributed by atoms with van der Waals surface area (Å²) in [5.41, 5.74) is 0.912. The lowest BCUT2D eigenvalue weighted by Crippen LogP contribution is -2.52. The van der Waals surface area contributed by atoms with Crippen LogP contribution in [-0.2, 0) is 20.9 Å². The van der Waals surface area contributed by atoms with Crippen molar-refractivity contribution in [1.29, 1.82) is 0 Å². The van der Waals surface area contributed by atoms with E-state index in [0.717, 1.165) is 19.3 Å². The largest absolute Gasteiger partial charge is 0.444 e. The highest BCUT2D eigenvalue weighted by Gasteiger charge is 2.44. The molecule has 4 amide bonds. The smallest absolute Gasteiger partial charge is 0.410 e. The Morgan fingerprint density at radius 1 is 1.11 bits per heavy atom. The second-order valence-electron chi connectivity index (χ2n) is 11.5. The Morgan fingerprint density at radius 2 is 1.81 bits per heavy atom. The van der Waals surface area contributed by atoms with E-state index in [0.29, 0.717) is 37.4 Å². The predicted molar refractivity (Wildman–Crippen MR) is 129 cm³/mol. The highest BCUT2D eigenvalue weighted by molar-refractivity contribution is 6.05. The lowest BCUT2D eigenvalue weighted by Gasteiger charge is -2.40. The molecule has 5 rings (SSSR count). The first-order valence-electron chi connectivity index (χ1n) is 12.6. The highest BCUT2D eigenvalue weighted by atomic mass is 19.1. The average molecular weight is 501 g/mol. The Bertz CT molecular complexity index is 1120. The summed E-state index contributed by atoms with van der Waals surface area (Å²) >= 11 is 0. The van der Waals surface area contributed by atoms with Crippen LogP contribution in [0.5, 0.6) is 0 Å². The number of nitrogens with zero attached hydrogens (tertiary/aromatic N) is 3. The third-order valence-electron chi connectivity index (χ3n) is 7.85. The summed E-state index contributed by atoms with van der Waals surface area (Å²) in [6.45, 7) is 8.42. The van der Waals surface area contributed by atoms with Gasteiger partial charge in [0.05, 0.1) is 5.69 Å². The van der Waals surface area contributed by atoms with Crippen molar-refractivity contribution >= 4 is 29.5 Å². The maximum absolute atomic E-state index is 15.2. The van der Waals surface area contributed by atoms with Gasteiger partial charge in [0.25, 0.3) is 5.91 Å². The molecule has 0 bridgehead atoms. The molecule has 1 unspecified atom stereocenters. The van der Waals surface area contributed by atoms with Crippen LogP contribution in [0, 0.1) is 11.2 Å². The van der Waals surface area contributed by atoms with Crippen molar-refractivity contribution in [2.24, 2.45) is 5.41 Å². The number of piperidine rings is 2. The Balaban J connectivity index is 1.25. The molecule has 1 aromatic carbocycles. The summed E-state index contributed by atoms with van der Waals surface area (Å²) in [5, 5.41) is 2.29. The molecule has 194 valence electrons. The maximum Gasteiger partial charge on any atom is 0.410 e. The number of amides is 4. The summed E-state index contributed by atoms with van der Waals surface area (Å²) in [5.74, 6) is -1.65. The van der Waals surface area contributed by atoms with Gasteiger partial charge in [-0.1, -0.05) is 0 Å². The van der Waals surface area contributed by atoms with Crippen LogP contribution in [0.1, 0.15) is 68.8 Å². The van der Waals surface area contributed by atoms with Crippen molar-refractivity contribution in [3.8, 4) is 0 Å². The maximum atomic E-state index is 15.2. The zero-order valence-corrected chi connectivity index (χ0v) is 21.1. The Morgan fingerprint density at radius 3 is 2.47 bits per heavy atom. The zero-order valence-electron chi connectivity index (χ0n) is 21.1. The van der Waals surface area contributed by atoms with Gasteiger partial charge in [0.2, 0.25) is 11.8 Å². The lowest BCUT2D eigenvalue weighted by molar-refractivity contribution is -0.136. The number of nitrogens with one attached hydrogen (secondary N) is 1. The lowest BCUT2D eigenvalue weighted by atomic mass is 9.77. The predicted octanol–water partition coefficient (Wildman–Crippen LogP) is 2.81. The number of carbonyl (C=O) groups excluding carboxylic acids is 4. The fourth-order valence-electron chi connectivity index (χ4n) is 5.87. The van der Waals surface area contributed by atoms with Gasteiger partial charge >= 0.3 is 6.09 Å². The van der Waals surface area contributed by atoms with E-state index < -0.39 is 23.4 Å². The molecule has 1 aromatic rings. The van der Waals surface area contributed by atoms with E-state index in [1.807, 2.05) is 25.7 Å². The van der Waals surface area contributed by atoms with Gasteiger partial charge in [-0.15, -0.1) is 0 Å². The molecular weight excluding hydrogens is 467 g/mol. The topological polar surface area (TPSA) is 99.3 Å². The van der Waals surface area contributed by atoms with E-state index in [2.05, 4.69) is 5.32 Å². The molecule has 0 saturated carbocycles. The summed E-state index contributed by atoms with van der Waals surface area (Å²) in [6, 6.07) is 2.29. The van der Waals surface area contributed by atoms with Crippen molar-refractivity contribution in [2.75, 3.05) is 31.1 Å². The van der Waals surface area contributed by atoms with E-state index in [1.165, 1.54) is 11.0 Å². The van der Waals surface area contributed by atoms with Crippen LogP contribution in [0.2, 0.25) is 0 Å². The molecule has 36 heavy (non-hydrogen) atoms. The van der Waals surface area contributed by atoms with Crippen LogP contribution in [0.4, 0.5) is 14.9 Å². The van der Waals surface area contributed by atoms with Gasteiger partial charge in [-0.3, -0.25) is 19.7 Å². The van der Waals surface area contributed by atoms with Crippen molar-refractivity contribution in [3.63, 3.8) is 0 Å². The number of rotatable bonds is 2. The van der Waals surface area contributed by atoms with Gasteiger partial charge in [0, 0.05) is 44.7 Å². The summed E-state index contributed by atoms with van der Waals surface area (Å²) in [6.07, 6.45) is 2.75. The first kappa shape index (κ1) is 24.5. The van der Waals surface area contributed by atoms with E-state index in [-0.39, 0.29) is 48.3 Å². The van der Waals surface area contributed by atoms with Crippen LogP contribution < -0.4 is 10.2 Å². The van der Waals surface area contributed by atoms with Crippen LogP contribution in [-0.4, -0.2) is 71.4 Å². The molecule has 9 nitrogen and oxygen atoms in total. The molecule has 4 aliphatic heterocycles. The minimum atomic E-state index is -0.723. The van der Waals surface area contributed by atoms with Gasteiger partial charge in [-0.2, -0.15) is 0 Å². The molecule has 0 aromatic heterocycles. The number of benzene rings is 1. The number of imide groups is 1. The molecule has 1 spiro atoms. The van der Waals surface area contributed by atoms with Crippen molar-refractivity contribution in [1.82, 2.24) is 15.1 Å². The molecular formula is C26H33FN4O5. The second-order valence-corrected chi connectivity index (χ2v) is 11.5. The van der Waals surface area contributed by atoms with E-state index >= 15 is 4.39 Å². The molecule has 0 radical (unpaired) electrons. The number of ether oxygens (including phenoxy) is 1. The van der Waals surface area contributed by atoms with E-state index in [9.17, 15) is 19.2 Å². The Kier molecular flexibility index (Phi) is 5.95. The third-order valence-corrected chi connectivity index (χ3v) is 7.85. The van der Waals surface area contributed by atoms with Crippen molar-refractivity contribution < 1.29 is 28.3 Å². The fourth-order valence-corrected chi connectivity index (χ4v) is 5.87. The highest BCUT2D eigenvalue weighted by Crippen LogP contribution is 2.42. The number of carbonyl (C=O) groups is 4. The van der Waals surface area contributed by atoms with E-state index in [4.69, 9.17) is 4.74 Å². The SMILES string of the molecule is CC(C)(C)OC(=O)N1CCC2(CCN(c3cc4c(cc3F)C(=O)N(C3CCC(=O)NC3=O)C4)CC2)C1. The van der Waals surface area contributed by atoms with Crippen molar-refractivity contribution in [2.45, 2.75) is 71.1 Å². The van der Waals surface area contributed by atoms with Gasteiger partial charge in [0.1, 0.15) is 17.5 Å². The molecule has 10 heteroatoms. The first-order valence-corrected chi connectivity index (χ1v) is 12.6. The quantitative estimate of drug-likeness (QED) is 0.627. The number of hydrogen-bond donors (Lipinski definition) is 1. The summed E-state index contributed by atoms with van der Waals surface area (Å²) < 4.78 is 20.7. The average Bonchev–Trinajstić information content (AvgIpc) is 3.35. The van der Waals surface area contributed by atoms with Gasteiger partial charge in [-0.05, 0) is 69.6 Å². The number of likely N-dealkylation sites (tertiary alicyclic amines) is 1. The minimum Gasteiger partial charge on any atom is -0.444 e. The van der Waals surface area contributed by atoms with Crippen LogP contribution >= 0.6 is 0 Å². The molecule has 4 heterocycles. The molecule has 0 aliphatic carbocycles. The molecule has 1 N–H and O–H groups in total. The van der Waals surface area contributed by atoms with Crippen LogP contribution in [0.25, 0.3) is 0 Å². The minimum absolute atomic E-state index is 0.0130. The molecule has 3 fully saturated rings. The number of halogens is 1. The first-order chi connectivity index (χ1) is 16.9. The summed E-state index contributed by atoms with van der Waals surface area (Å²) in [4.78, 5) is 54.4. The van der Waals surface area contributed by atoms with Crippen LogP contribution in [0.15, 0.2) is 12.1 Å². The Labute approximate surface area is 209 Å². The monoisotopic (exact) mass is 500 g/mol. The third kappa shape index (κ3) is 4.53. The normalized spacial score (nSPS) is 23.8. The van der Waals surface area contributed by atoms with Gasteiger partial charge in [0.15, 0.2) is 0 Å². The van der Waals surface area contributed by atoms with Gasteiger partial charge in [-0.25, -0.2) is 9.18 Å². The second kappa shape index (κ2) is 8.74. The van der Waals surface area contributed by atoms with E-state index in [1.54, 1.807) is 11.0 Å². The molecule has 1 atom stereocenters. The van der Waals surface area contributed by atoms with Crippen LogP contribution in [0.3, 0.4) is 0 Å². The number of anilines is 1. The number of fused-ring (bicyclic) bond motifs is 1. The van der Waals surface area contributed by atoms with Gasteiger partial charge < -0.3 is 19.4 Å². The zero-order chi connectivity index (χ0) is 25.8. The fraction of sp³-hybridized carbons (Fsp3) is 0.615. The van der Waals surface area contributed by atoms with Crippen molar-refractivity contribution in [3.05, 3.63) is 29.1 Å². The number of hydrogen-bond acceptors (Lipinski definition) is 6. The summed E-state index contributed by atoms with van der Waals surface area (Å²) in [7, 11) is 0. The standard InChI is InChI=1S/C26H33FN4O5/c1-25(2,3)36-24(35)30-11-8-26(15-30)6-9-29(10-7-26)20-12-16-14-31(23(34)17(16)13-18(20)27)19-4-5-21(32)28-22(19)33/h12-13,19H,4-11,14-15H2,1-3H3,(H,28,32,33). The molecule has 4 aliphatic rings.